The molecule has 0 saturated heterocycles. The molecule has 4 aromatic rings. The van der Waals surface area contributed by atoms with Crippen molar-refractivity contribution < 1.29 is 4.79 Å². The van der Waals surface area contributed by atoms with Gasteiger partial charge in [-0.1, -0.05) is 90.1 Å². The first-order valence-corrected chi connectivity index (χ1v) is 10.5. The largest absolute Gasteiger partial charge is 0.325 e. The fourth-order valence-corrected chi connectivity index (χ4v) is 3.51. The Morgan fingerprint density at radius 2 is 1.40 bits per heavy atom. The zero-order valence-corrected chi connectivity index (χ0v) is 17.3. The number of anilines is 1. The fourth-order valence-electron chi connectivity index (χ4n) is 2.92. The van der Waals surface area contributed by atoms with Gasteiger partial charge in [0.15, 0.2) is 0 Å². The highest BCUT2D eigenvalue weighted by atomic mass is 32.2. The van der Waals surface area contributed by atoms with Gasteiger partial charge in [0.1, 0.15) is 11.4 Å². The van der Waals surface area contributed by atoms with Gasteiger partial charge >= 0.3 is 0 Å². The van der Waals surface area contributed by atoms with E-state index >= 15 is 0 Å². The topological polar surface area (TPSA) is 67.8 Å². The zero-order chi connectivity index (χ0) is 20.8. The summed E-state index contributed by atoms with van der Waals surface area (Å²) in [6.07, 6.45) is 0. The standard InChI is InChI=1S/C24H20N4OS/c1-17-12-14-20(15-13-17)25-21(29)16-30-24-26-22(18-8-4-2-5-9-18)23(27-28-24)19-10-6-3-7-11-19/h2-15H,16H2,1H3,(H,25,29). The second-order valence-corrected chi connectivity index (χ2v) is 7.67. The molecule has 148 valence electrons. The van der Waals surface area contributed by atoms with Crippen LogP contribution in [0.1, 0.15) is 5.56 Å². The second kappa shape index (κ2) is 9.33. The third-order valence-electron chi connectivity index (χ3n) is 4.43. The maximum absolute atomic E-state index is 12.3. The molecule has 0 atom stereocenters. The number of carbonyl (C=O) groups excluding carboxylic acids is 1. The number of aromatic nitrogens is 3. The maximum Gasteiger partial charge on any atom is 0.234 e. The third-order valence-corrected chi connectivity index (χ3v) is 5.27. The van der Waals surface area contributed by atoms with Crippen molar-refractivity contribution in [3.8, 4) is 22.5 Å². The molecule has 4 rings (SSSR count). The molecule has 5 nitrogen and oxygen atoms in total. The fraction of sp³-hybridized carbons (Fsp3) is 0.0833. The number of aryl methyl sites for hydroxylation is 1. The first kappa shape index (κ1) is 19.8. The molecule has 0 aliphatic carbocycles. The van der Waals surface area contributed by atoms with E-state index in [0.29, 0.717) is 5.16 Å². The van der Waals surface area contributed by atoms with E-state index in [1.807, 2.05) is 91.9 Å². The van der Waals surface area contributed by atoms with E-state index in [2.05, 4.69) is 15.5 Å². The van der Waals surface area contributed by atoms with Crippen molar-refractivity contribution in [1.82, 2.24) is 15.2 Å². The number of benzene rings is 3. The summed E-state index contributed by atoms with van der Waals surface area (Å²) in [4.78, 5) is 17.0. The number of nitrogens with one attached hydrogen (secondary N) is 1. The summed E-state index contributed by atoms with van der Waals surface area (Å²) in [6.45, 7) is 2.01. The first-order valence-electron chi connectivity index (χ1n) is 9.54. The molecule has 0 unspecified atom stereocenters. The van der Waals surface area contributed by atoms with Gasteiger partial charge in [-0.3, -0.25) is 4.79 Å². The summed E-state index contributed by atoms with van der Waals surface area (Å²) in [5.41, 5.74) is 5.29. The van der Waals surface area contributed by atoms with Crippen LogP contribution in [-0.4, -0.2) is 26.8 Å². The molecule has 6 heteroatoms. The second-order valence-electron chi connectivity index (χ2n) is 6.73. The van der Waals surface area contributed by atoms with Crippen LogP contribution in [0.25, 0.3) is 22.5 Å². The molecule has 30 heavy (non-hydrogen) atoms. The minimum Gasteiger partial charge on any atom is -0.325 e. The number of carbonyl (C=O) groups is 1. The summed E-state index contributed by atoms with van der Waals surface area (Å²) in [7, 11) is 0. The Morgan fingerprint density at radius 1 is 0.800 bits per heavy atom. The smallest absolute Gasteiger partial charge is 0.234 e. The molecule has 0 aliphatic rings. The van der Waals surface area contributed by atoms with Crippen LogP contribution < -0.4 is 5.32 Å². The lowest BCUT2D eigenvalue weighted by molar-refractivity contribution is -0.113. The van der Waals surface area contributed by atoms with Crippen LogP contribution in [0, 0.1) is 6.92 Å². The summed E-state index contributed by atoms with van der Waals surface area (Å²) in [5, 5.41) is 12.0. The highest BCUT2D eigenvalue weighted by Gasteiger charge is 2.14. The van der Waals surface area contributed by atoms with Gasteiger partial charge in [-0.05, 0) is 19.1 Å². The molecule has 1 N–H and O–H groups in total. The van der Waals surface area contributed by atoms with Gasteiger partial charge in [0.05, 0.1) is 5.75 Å². The minimum absolute atomic E-state index is 0.110. The number of thioether (sulfide) groups is 1. The number of hydrogen-bond acceptors (Lipinski definition) is 5. The van der Waals surface area contributed by atoms with Crippen molar-refractivity contribution in [1.29, 1.82) is 0 Å². The van der Waals surface area contributed by atoms with Gasteiger partial charge in [-0.25, -0.2) is 4.98 Å². The van der Waals surface area contributed by atoms with E-state index in [4.69, 9.17) is 4.98 Å². The number of hydrogen-bond donors (Lipinski definition) is 1. The van der Waals surface area contributed by atoms with Crippen LogP contribution in [0.15, 0.2) is 90.1 Å². The van der Waals surface area contributed by atoms with Gasteiger partial charge in [0, 0.05) is 16.8 Å². The zero-order valence-electron chi connectivity index (χ0n) is 16.4. The SMILES string of the molecule is Cc1ccc(NC(=O)CSc2nnc(-c3ccccc3)c(-c3ccccc3)n2)cc1. The van der Waals surface area contributed by atoms with Crippen LogP contribution in [0.2, 0.25) is 0 Å². The first-order chi connectivity index (χ1) is 14.7. The summed E-state index contributed by atoms with van der Waals surface area (Å²) in [6, 6.07) is 27.4. The quantitative estimate of drug-likeness (QED) is 0.438. The molecule has 1 heterocycles. The van der Waals surface area contributed by atoms with Crippen molar-refractivity contribution in [2.75, 3.05) is 11.1 Å². The molecule has 1 aromatic heterocycles. The average molecular weight is 413 g/mol. The number of nitrogens with zero attached hydrogens (tertiary/aromatic N) is 3. The van der Waals surface area contributed by atoms with Crippen molar-refractivity contribution in [2.45, 2.75) is 12.1 Å². The lowest BCUT2D eigenvalue weighted by Crippen LogP contribution is -2.14. The van der Waals surface area contributed by atoms with Crippen molar-refractivity contribution in [3.63, 3.8) is 0 Å². The van der Waals surface area contributed by atoms with E-state index in [9.17, 15) is 4.79 Å². The molecular weight excluding hydrogens is 392 g/mol. The summed E-state index contributed by atoms with van der Waals surface area (Å²) >= 11 is 1.27. The minimum atomic E-state index is -0.110. The Hall–Kier alpha value is -3.51. The molecule has 0 spiro atoms. The lowest BCUT2D eigenvalue weighted by atomic mass is 10.0. The van der Waals surface area contributed by atoms with E-state index in [1.54, 1.807) is 0 Å². The molecular formula is C24H20N4OS. The van der Waals surface area contributed by atoms with Crippen LogP contribution in [0.3, 0.4) is 0 Å². The van der Waals surface area contributed by atoms with Crippen LogP contribution in [0.4, 0.5) is 5.69 Å². The third kappa shape index (κ3) is 4.90. The van der Waals surface area contributed by atoms with Crippen molar-refractivity contribution >= 4 is 23.4 Å². The molecule has 0 aliphatic heterocycles. The van der Waals surface area contributed by atoms with Crippen LogP contribution in [0.5, 0.6) is 0 Å². The van der Waals surface area contributed by atoms with Gasteiger partial charge in [-0.2, -0.15) is 0 Å². The molecule has 0 radical (unpaired) electrons. The molecule has 0 fully saturated rings. The normalized spacial score (nSPS) is 10.6. The van der Waals surface area contributed by atoms with Gasteiger partial charge in [-0.15, -0.1) is 10.2 Å². The van der Waals surface area contributed by atoms with Gasteiger partial charge in [0.2, 0.25) is 11.1 Å². The Bertz CT molecular complexity index is 1130. The Labute approximate surface area is 179 Å². The van der Waals surface area contributed by atoms with Crippen LogP contribution >= 0.6 is 11.8 Å². The Kier molecular flexibility index (Phi) is 6.15. The number of rotatable bonds is 6. The molecule has 3 aromatic carbocycles. The van der Waals surface area contributed by atoms with Crippen molar-refractivity contribution in [2.24, 2.45) is 0 Å². The van der Waals surface area contributed by atoms with E-state index in [1.165, 1.54) is 11.8 Å². The van der Waals surface area contributed by atoms with Gasteiger partial charge < -0.3 is 5.32 Å². The average Bonchev–Trinajstić information content (AvgIpc) is 2.80. The molecule has 1 amide bonds. The van der Waals surface area contributed by atoms with E-state index in [0.717, 1.165) is 33.8 Å². The van der Waals surface area contributed by atoms with Crippen LogP contribution in [-0.2, 0) is 4.79 Å². The van der Waals surface area contributed by atoms with Crippen molar-refractivity contribution in [3.05, 3.63) is 90.5 Å². The summed E-state index contributed by atoms with van der Waals surface area (Å²) < 4.78 is 0. The Morgan fingerprint density at radius 3 is 2.03 bits per heavy atom. The Balaban J connectivity index is 1.54. The predicted octanol–water partition coefficient (Wildman–Crippen LogP) is 5.24. The highest BCUT2D eigenvalue weighted by molar-refractivity contribution is 7.99. The maximum atomic E-state index is 12.3. The monoisotopic (exact) mass is 412 g/mol. The lowest BCUT2D eigenvalue weighted by Gasteiger charge is -2.09. The summed E-state index contributed by atoms with van der Waals surface area (Å²) in [5.74, 6) is 0.0925. The number of amides is 1. The van der Waals surface area contributed by atoms with E-state index in [-0.39, 0.29) is 11.7 Å². The molecule has 0 bridgehead atoms. The van der Waals surface area contributed by atoms with Gasteiger partial charge in [0.25, 0.3) is 0 Å². The van der Waals surface area contributed by atoms with E-state index < -0.39 is 0 Å². The highest BCUT2D eigenvalue weighted by Crippen LogP contribution is 2.29. The predicted molar refractivity (Wildman–Crippen MR) is 121 cm³/mol. The molecule has 0 saturated carbocycles.